The summed E-state index contributed by atoms with van der Waals surface area (Å²) in [6.07, 6.45) is 5.59. The van der Waals surface area contributed by atoms with Gasteiger partial charge in [-0.15, -0.1) is 0 Å². The Morgan fingerprint density at radius 1 is 1.33 bits per heavy atom. The molecule has 4 heteroatoms. The molecule has 1 rings (SSSR count). The molecule has 0 amide bonds. The Balaban J connectivity index is 2.74. The van der Waals surface area contributed by atoms with Gasteiger partial charge in [-0.2, -0.15) is 5.10 Å². The topological polar surface area (TPSA) is 38.1 Å². The first-order valence-corrected chi connectivity index (χ1v) is 7.21. The van der Waals surface area contributed by atoms with Crippen LogP contribution in [0.5, 0.6) is 0 Å². The third-order valence-electron chi connectivity index (χ3n) is 3.37. The molecule has 1 aromatic rings. The molecular weight excluding hydrogens is 248 g/mol. The maximum atomic E-state index is 10.4. The molecule has 0 spiro atoms. The highest BCUT2D eigenvalue weighted by molar-refractivity contribution is 6.31. The lowest BCUT2D eigenvalue weighted by molar-refractivity contribution is 0.0468. The minimum absolute atomic E-state index is 0.568. The Morgan fingerprint density at radius 3 is 2.50 bits per heavy atom. The third kappa shape index (κ3) is 3.99. The van der Waals surface area contributed by atoms with Gasteiger partial charge in [-0.05, 0) is 19.8 Å². The van der Waals surface area contributed by atoms with Crippen molar-refractivity contribution in [2.24, 2.45) is 7.05 Å². The van der Waals surface area contributed by atoms with Gasteiger partial charge in [0.2, 0.25) is 0 Å². The zero-order chi connectivity index (χ0) is 13.8. The second-order valence-corrected chi connectivity index (χ2v) is 5.69. The molecule has 3 nitrogen and oxygen atoms in total. The molecule has 18 heavy (non-hydrogen) atoms. The molecule has 0 bridgehead atoms. The number of rotatable bonds is 7. The SMILES string of the molecule is CCCCCC(C)(O)Cc1c(Cl)c(CC)nn1C. The Bertz CT molecular complexity index is 385. The molecular formula is C14H25ClN2O. The van der Waals surface area contributed by atoms with E-state index in [2.05, 4.69) is 12.0 Å². The molecule has 0 radical (unpaired) electrons. The van der Waals surface area contributed by atoms with Gasteiger partial charge in [0.1, 0.15) is 0 Å². The Morgan fingerprint density at radius 2 is 2.00 bits per heavy atom. The summed E-state index contributed by atoms with van der Waals surface area (Å²) >= 11 is 6.30. The van der Waals surface area contributed by atoms with Crippen LogP contribution in [-0.4, -0.2) is 20.5 Å². The highest BCUT2D eigenvalue weighted by Crippen LogP contribution is 2.27. The first-order valence-electron chi connectivity index (χ1n) is 6.84. The molecule has 1 aromatic heterocycles. The van der Waals surface area contributed by atoms with Crippen LogP contribution in [0.2, 0.25) is 5.02 Å². The summed E-state index contributed by atoms with van der Waals surface area (Å²) in [5.41, 5.74) is 1.16. The molecule has 1 N–H and O–H groups in total. The predicted octanol–water partition coefficient (Wildman–Crippen LogP) is 3.51. The molecule has 1 atom stereocenters. The summed E-state index contributed by atoms with van der Waals surface area (Å²) in [7, 11) is 1.89. The number of aromatic nitrogens is 2. The van der Waals surface area contributed by atoms with Crippen molar-refractivity contribution in [2.45, 2.75) is 64.9 Å². The maximum Gasteiger partial charge on any atom is 0.0850 e. The minimum Gasteiger partial charge on any atom is -0.390 e. The molecule has 0 fully saturated rings. The van der Waals surface area contributed by atoms with Gasteiger partial charge in [0.25, 0.3) is 0 Å². The summed E-state index contributed by atoms with van der Waals surface area (Å²) in [5, 5.41) is 15.5. The number of nitrogens with zero attached hydrogens (tertiary/aromatic N) is 2. The average Bonchev–Trinajstić information content (AvgIpc) is 2.56. The molecule has 0 aliphatic rings. The predicted molar refractivity (Wildman–Crippen MR) is 76.1 cm³/mol. The van der Waals surface area contributed by atoms with Crippen LogP contribution in [0.25, 0.3) is 0 Å². The van der Waals surface area contributed by atoms with Gasteiger partial charge in [-0.1, -0.05) is 44.7 Å². The molecule has 104 valence electrons. The summed E-state index contributed by atoms with van der Waals surface area (Å²) in [5.74, 6) is 0. The Hall–Kier alpha value is -0.540. The van der Waals surface area contributed by atoms with E-state index < -0.39 is 5.60 Å². The number of unbranched alkanes of at least 4 members (excludes halogenated alkanes) is 2. The van der Waals surface area contributed by atoms with E-state index in [4.69, 9.17) is 11.6 Å². The van der Waals surface area contributed by atoms with Gasteiger partial charge in [0.15, 0.2) is 0 Å². The van der Waals surface area contributed by atoms with Gasteiger partial charge in [0, 0.05) is 13.5 Å². The van der Waals surface area contributed by atoms with Crippen molar-refractivity contribution in [1.82, 2.24) is 9.78 Å². The fraction of sp³-hybridized carbons (Fsp3) is 0.786. The zero-order valence-electron chi connectivity index (χ0n) is 12.0. The number of halogens is 1. The van der Waals surface area contributed by atoms with Crippen molar-refractivity contribution in [3.63, 3.8) is 0 Å². The number of aryl methyl sites for hydroxylation is 2. The number of hydrogen-bond donors (Lipinski definition) is 1. The molecule has 1 heterocycles. The van der Waals surface area contributed by atoms with E-state index in [1.165, 1.54) is 6.42 Å². The lowest BCUT2D eigenvalue weighted by Crippen LogP contribution is -2.28. The first kappa shape index (κ1) is 15.5. The molecule has 1 unspecified atom stereocenters. The Labute approximate surface area is 115 Å². The monoisotopic (exact) mass is 272 g/mol. The van der Waals surface area contributed by atoms with E-state index in [9.17, 15) is 5.11 Å². The fourth-order valence-electron chi connectivity index (χ4n) is 2.22. The van der Waals surface area contributed by atoms with Crippen molar-refractivity contribution >= 4 is 11.6 Å². The van der Waals surface area contributed by atoms with Gasteiger partial charge in [-0.25, -0.2) is 0 Å². The maximum absolute atomic E-state index is 10.4. The van der Waals surface area contributed by atoms with E-state index in [0.717, 1.165) is 42.1 Å². The normalized spacial score (nSPS) is 14.8. The van der Waals surface area contributed by atoms with Crippen LogP contribution in [-0.2, 0) is 19.9 Å². The van der Waals surface area contributed by atoms with Crippen LogP contribution in [0.1, 0.15) is 57.8 Å². The summed E-state index contributed by atoms with van der Waals surface area (Å²) < 4.78 is 1.80. The largest absolute Gasteiger partial charge is 0.390 e. The second kappa shape index (κ2) is 6.58. The lowest BCUT2D eigenvalue weighted by Gasteiger charge is -2.23. The molecule has 0 saturated heterocycles. The first-order chi connectivity index (χ1) is 8.41. The number of aliphatic hydroxyl groups is 1. The minimum atomic E-state index is -0.697. The highest BCUT2D eigenvalue weighted by Gasteiger charge is 2.25. The smallest absolute Gasteiger partial charge is 0.0850 e. The van der Waals surface area contributed by atoms with E-state index in [1.54, 1.807) is 4.68 Å². The van der Waals surface area contributed by atoms with Gasteiger partial charge < -0.3 is 5.11 Å². The molecule has 0 aromatic carbocycles. The third-order valence-corrected chi connectivity index (χ3v) is 3.81. The van der Waals surface area contributed by atoms with E-state index in [0.29, 0.717) is 6.42 Å². The average molecular weight is 273 g/mol. The van der Waals surface area contributed by atoms with E-state index >= 15 is 0 Å². The van der Waals surface area contributed by atoms with Gasteiger partial charge in [0.05, 0.1) is 22.0 Å². The lowest BCUT2D eigenvalue weighted by atomic mass is 9.93. The summed E-state index contributed by atoms with van der Waals surface area (Å²) in [6.45, 7) is 6.09. The van der Waals surface area contributed by atoms with Crippen molar-refractivity contribution in [1.29, 1.82) is 0 Å². The summed E-state index contributed by atoms with van der Waals surface area (Å²) in [4.78, 5) is 0. The standard InChI is InChI=1S/C14H25ClN2O/c1-5-7-8-9-14(3,18)10-12-13(15)11(6-2)16-17(12)4/h18H,5-10H2,1-4H3. The van der Waals surface area contributed by atoms with E-state index in [-0.39, 0.29) is 0 Å². The number of hydrogen-bond acceptors (Lipinski definition) is 2. The van der Waals surface area contributed by atoms with Crippen molar-refractivity contribution < 1.29 is 5.11 Å². The second-order valence-electron chi connectivity index (χ2n) is 5.32. The quantitative estimate of drug-likeness (QED) is 0.772. The van der Waals surface area contributed by atoms with Crippen molar-refractivity contribution in [3.8, 4) is 0 Å². The Kier molecular flexibility index (Phi) is 5.67. The van der Waals surface area contributed by atoms with Crippen LogP contribution in [0.4, 0.5) is 0 Å². The van der Waals surface area contributed by atoms with Crippen molar-refractivity contribution in [3.05, 3.63) is 16.4 Å². The zero-order valence-corrected chi connectivity index (χ0v) is 12.7. The van der Waals surface area contributed by atoms with Gasteiger partial charge >= 0.3 is 0 Å². The van der Waals surface area contributed by atoms with Gasteiger partial charge in [-0.3, -0.25) is 4.68 Å². The van der Waals surface area contributed by atoms with E-state index in [1.807, 2.05) is 20.9 Å². The van der Waals surface area contributed by atoms with Crippen LogP contribution in [0.15, 0.2) is 0 Å². The van der Waals surface area contributed by atoms with Crippen LogP contribution in [0, 0.1) is 0 Å². The van der Waals surface area contributed by atoms with Crippen LogP contribution < -0.4 is 0 Å². The molecule has 0 aliphatic heterocycles. The highest BCUT2D eigenvalue weighted by atomic mass is 35.5. The molecule has 0 aliphatic carbocycles. The van der Waals surface area contributed by atoms with Crippen LogP contribution >= 0.6 is 11.6 Å². The molecule has 0 saturated carbocycles. The fourth-order valence-corrected chi connectivity index (χ4v) is 2.58. The van der Waals surface area contributed by atoms with Crippen molar-refractivity contribution in [2.75, 3.05) is 0 Å². The summed E-state index contributed by atoms with van der Waals surface area (Å²) in [6, 6.07) is 0. The van der Waals surface area contributed by atoms with Crippen LogP contribution in [0.3, 0.4) is 0 Å².